The molecule has 2 aromatic carbocycles. The summed E-state index contributed by atoms with van der Waals surface area (Å²) >= 11 is 0. The third-order valence-electron chi connectivity index (χ3n) is 4.60. The van der Waals surface area contributed by atoms with Crippen molar-refractivity contribution in [3.63, 3.8) is 0 Å². The molecule has 1 heterocycles. The van der Waals surface area contributed by atoms with Gasteiger partial charge in [-0.05, 0) is 37.2 Å². The number of hydrogen-bond acceptors (Lipinski definition) is 3. The Balaban J connectivity index is 1.94. The van der Waals surface area contributed by atoms with Crippen LogP contribution in [0, 0.1) is 6.92 Å². The first kappa shape index (κ1) is 20.4. The summed E-state index contributed by atoms with van der Waals surface area (Å²) in [7, 11) is -4.80. The van der Waals surface area contributed by atoms with Crippen LogP contribution in [0.3, 0.4) is 0 Å². The third-order valence-corrected chi connectivity index (χ3v) is 7.99. The molecule has 0 amide bonds. The molecule has 28 heavy (non-hydrogen) atoms. The van der Waals surface area contributed by atoms with Gasteiger partial charge < -0.3 is 4.74 Å². The molecule has 4 nitrogen and oxygen atoms in total. The fourth-order valence-corrected chi connectivity index (χ4v) is 4.99. The second-order valence-electron chi connectivity index (χ2n) is 8.20. The Morgan fingerprint density at radius 3 is 2.39 bits per heavy atom. The summed E-state index contributed by atoms with van der Waals surface area (Å²) in [5.74, 6) is 0. The van der Waals surface area contributed by atoms with Gasteiger partial charge in [-0.1, -0.05) is 55.5 Å². The molecule has 3 rings (SSSR count). The zero-order chi connectivity index (χ0) is 20.4. The van der Waals surface area contributed by atoms with Gasteiger partial charge in [-0.25, -0.2) is 12.4 Å². The topological polar surface area (TPSA) is 48.3 Å². The molecular weight excluding hydrogens is 386 g/mol. The Morgan fingerprint density at radius 2 is 1.71 bits per heavy atom. The van der Waals surface area contributed by atoms with E-state index < -0.39 is 18.1 Å². The smallest absolute Gasteiger partial charge is 0.268 e. The van der Waals surface area contributed by atoms with Crippen LogP contribution >= 0.6 is 0 Å². The minimum atomic E-state index is -3.67. The Bertz CT molecular complexity index is 1090. The SMILES string of the molecule is Cc1ccc(S(=O)(=O)n2cc(/C=C/OCC[Si](C)(C)C)c3ccccc32)cc1. The molecule has 0 aliphatic heterocycles. The summed E-state index contributed by atoms with van der Waals surface area (Å²) in [6, 6.07) is 15.5. The van der Waals surface area contributed by atoms with Crippen molar-refractivity contribution in [2.75, 3.05) is 6.61 Å². The van der Waals surface area contributed by atoms with E-state index in [9.17, 15) is 8.42 Å². The van der Waals surface area contributed by atoms with Gasteiger partial charge in [0.25, 0.3) is 10.0 Å². The molecule has 3 aromatic rings. The van der Waals surface area contributed by atoms with Crippen molar-refractivity contribution < 1.29 is 13.2 Å². The predicted molar refractivity (Wildman–Crippen MR) is 119 cm³/mol. The lowest BCUT2D eigenvalue weighted by molar-refractivity contribution is 0.270. The number of fused-ring (bicyclic) bond motifs is 1. The largest absolute Gasteiger partial charge is 0.501 e. The van der Waals surface area contributed by atoms with Gasteiger partial charge in [-0.2, -0.15) is 0 Å². The Morgan fingerprint density at radius 1 is 1.04 bits per heavy atom. The number of aryl methyl sites for hydroxylation is 1. The summed E-state index contributed by atoms with van der Waals surface area (Å²) in [4.78, 5) is 0.278. The minimum Gasteiger partial charge on any atom is -0.501 e. The van der Waals surface area contributed by atoms with E-state index in [0.29, 0.717) is 12.1 Å². The van der Waals surface area contributed by atoms with Crippen molar-refractivity contribution in [1.29, 1.82) is 0 Å². The van der Waals surface area contributed by atoms with Crippen molar-refractivity contribution in [2.45, 2.75) is 37.5 Å². The zero-order valence-electron chi connectivity index (χ0n) is 16.8. The molecule has 0 spiro atoms. The second kappa shape index (κ2) is 7.97. The van der Waals surface area contributed by atoms with Crippen molar-refractivity contribution in [1.82, 2.24) is 3.97 Å². The Labute approximate surface area is 168 Å². The fraction of sp³-hybridized carbons (Fsp3) is 0.273. The lowest BCUT2D eigenvalue weighted by Crippen LogP contribution is -2.20. The molecule has 148 valence electrons. The average Bonchev–Trinajstić information content (AvgIpc) is 3.01. The molecule has 0 atom stereocenters. The van der Waals surface area contributed by atoms with E-state index in [-0.39, 0.29) is 4.90 Å². The van der Waals surface area contributed by atoms with E-state index >= 15 is 0 Å². The van der Waals surface area contributed by atoms with Crippen molar-refractivity contribution in [3.05, 3.63) is 72.1 Å². The average molecular weight is 414 g/mol. The summed E-state index contributed by atoms with van der Waals surface area (Å²) in [5.41, 5.74) is 2.50. The molecule has 0 aliphatic carbocycles. The zero-order valence-corrected chi connectivity index (χ0v) is 18.7. The highest BCUT2D eigenvalue weighted by atomic mass is 32.2. The van der Waals surface area contributed by atoms with Crippen LogP contribution in [0.1, 0.15) is 11.1 Å². The third kappa shape index (κ3) is 4.56. The van der Waals surface area contributed by atoms with E-state index in [1.807, 2.05) is 49.4 Å². The van der Waals surface area contributed by atoms with E-state index in [1.54, 1.807) is 24.6 Å². The molecule has 6 heteroatoms. The van der Waals surface area contributed by atoms with E-state index in [1.165, 1.54) is 3.97 Å². The molecule has 1 aromatic heterocycles. The summed E-state index contributed by atoms with van der Waals surface area (Å²) < 4.78 is 33.3. The standard InChI is InChI=1S/C22H27NO3SSi/c1-18-9-11-20(12-10-18)27(24,25)23-17-19(21-7-5-6-8-22(21)23)13-14-26-15-16-28(2,3)4/h5-14,17H,15-16H2,1-4H3/b14-13+. The van der Waals surface area contributed by atoms with Gasteiger partial charge in [0.2, 0.25) is 0 Å². The normalized spacial score (nSPS) is 12.7. The molecule has 0 bridgehead atoms. The molecule has 0 radical (unpaired) electrons. The minimum absolute atomic E-state index is 0.278. The number of nitrogens with zero attached hydrogens (tertiary/aromatic N) is 1. The maximum absolute atomic E-state index is 13.2. The maximum atomic E-state index is 13.2. The molecule has 0 saturated carbocycles. The van der Waals surface area contributed by atoms with Crippen molar-refractivity contribution in [2.24, 2.45) is 0 Å². The van der Waals surface area contributed by atoms with Crippen LogP contribution in [-0.2, 0) is 14.8 Å². The lowest BCUT2D eigenvalue weighted by atomic mass is 10.2. The molecule has 0 aliphatic rings. The lowest BCUT2D eigenvalue weighted by Gasteiger charge is -2.14. The molecule has 0 fully saturated rings. The number of benzene rings is 2. The van der Waals surface area contributed by atoms with Gasteiger partial charge in [0.15, 0.2) is 0 Å². The Kier molecular flexibility index (Phi) is 5.81. The van der Waals surface area contributed by atoms with Gasteiger partial charge in [-0.15, -0.1) is 0 Å². The van der Waals surface area contributed by atoms with Gasteiger partial charge in [0.1, 0.15) is 0 Å². The molecular formula is C22H27NO3SSi. The van der Waals surface area contributed by atoms with Crippen LogP contribution < -0.4 is 0 Å². The molecule has 0 saturated heterocycles. The van der Waals surface area contributed by atoms with Crippen LogP contribution in [-0.4, -0.2) is 27.1 Å². The van der Waals surface area contributed by atoms with E-state index in [2.05, 4.69) is 19.6 Å². The van der Waals surface area contributed by atoms with Gasteiger partial charge in [0, 0.05) is 25.2 Å². The van der Waals surface area contributed by atoms with Crippen LogP contribution in [0.25, 0.3) is 17.0 Å². The van der Waals surface area contributed by atoms with Crippen LogP contribution in [0.5, 0.6) is 0 Å². The predicted octanol–water partition coefficient (Wildman–Crippen LogP) is 5.51. The van der Waals surface area contributed by atoms with E-state index in [4.69, 9.17) is 4.74 Å². The van der Waals surface area contributed by atoms with Crippen LogP contribution in [0.15, 0.2) is 65.9 Å². The number of hydrogen-bond donors (Lipinski definition) is 0. The van der Waals surface area contributed by atoms with Crippen molar-refractivity contribution in [3.8, 4) is 0 Å². The highest BCUT2D eigenvalue weighted by Crippen LogP contribution is 2.27. The summed E-state index contributed by atoms with van der Waals surface area (Å²) in [5, 5.41) is 0.878. The number of ether oxygens (including phenoxy) is 1. The monoisotopic (exact) mass is 413 g/mol. The highest BCUT2D eigenvalue weighted by Gasteiger charge is 2.20. The summed E-state index contributed by atoms with van der Waals surface area (Å²) in [6.07, 6.45) is 5.18. The number of rotatable bonds is 7. The van der Waals surface area contributed by atoms with Crippen LogP contribution in [0.4, 0.5) is 0 Å². The van der Waals surface area contributed by atoms with Gasteiger partial charge in [-0.3, -0.25) is 0 Å². The second-order valence-corrected chi connectivity index (χ2v) is 15.6. The first-order valence-corrected chi connectivity index (χ1v) is 14.5. The highest BCUT2D eigenvalue weighted by molar-refractivity contribution is 7.90. The Hall–Kier alpha value is -2.31. The number of para-hydroxylation sites is 1. The fourth-order valence-electron chi connectivity index (χ4n) is 2.89. The first-order valence-electron chi connectivity index (χ1n) is 9.39. The van der Waals surface area contributed by atoms with Gasteiger partial charge in [0.05, 0.1) is 23.3 Å². The molecule has 0 unspecified atom stereocenters. The van der Waals surface area contributed by atoms with E-state index in [0.717, 1.165) is 22.6 Å². The number of aromatic nitrogens is 1. The first-order chi connectivity index (χ1) is 13.2. The van der Waals surface area contributed by atoms with Gasteiger partial charge >= 0.3 is 0 Å². The summed E-state index contributed by atoms with van der Waals surface area (Å²) in [6.45, 7) is 9.55. The maximum Gasteiger partial charge on any atom is 0.268 e. The molecule has 0 N–H and O–H groups in total. The van der Waals surface area contributed by atoms with Crippen LogP contribution in [0.2, 0.25) is 25.7 Å². The quantitative estimate of drug-likeness (QED) is 0.291. The van der Waals surface area contributed by atoms with Crippen molar-refractivity contribution >= 4 is 35.1 Å².